The Morgan fingerprint density at radius 1 is 1.62 bits per heavy atom. The molecule has 1 heterocycles. The molecule has 1 unspecified atom stereocenters. The van der Waals surface area contributed by atoms with Crippen molar-refractivity contribution in [2.75, 3.05) is 20.3 Å². The number of hydrogen-bond acceptors (Lipinski definition) is 2. The average Bonchev–Trinajstić information content (AvgIpc) is 1.62. The summed E-state index contributed by atoms with van der Waals surface area (Å²) in [4.78, 5) is 0. The van der Waals surface area contributed by atoms with Gasteiger partial charge in [-0.2, -0.15) is 0 Å². The lowest BCUT2D eigenvalue weighted by molar-refractivity contribution is 0.0297. The van der Waals surface area contributed by atoms with Crippen LogP contribution in [0.25, 0.3) is 0 Å². The Morgan fingerprint density at radius 3 is 2.38 bits per heavy atom. The number of ether oxygens (including phenoxy) is 1. The van der Waals surface area contributed by atoms with Crippen molar-refractivity contribution in [3.05, 3.63) is 0 Å². The van der Waals surface area contributed by atoms with E-state index in [1.54, 1.807) is 7.11 Å². The molecule has 2 nitrogen and oxygen atoms in total. The minimum absolute atomic E-state index is 0.792. The first-order chi connectivity index (χ1) is 3.84. The van der Waals surface area contributed by atoms with Crippen molar-refractivity contribution >= 4 is 9.04 Å². The maximum Gasteiger partial charge on any atom is 0.180 e. The van der Waals surface area contributed by atoms with Gasteiger partial charge >= 0.3 is 0 Å². The molecule has 0 N–H and O–H groups in total. The first kappa shape index (κ1) is 6.26. The summed E-state index contributed by atoms with van der Waals surface area (Å²) in [5.41, 5.74) is 0.792. The molecule has 0 aliphatic carbocycles. The van der Waals surface area contributed by atoms with E-state index in [4.69, 9.17) is 9.16 Å². The van der Waals surface area contributed by atoms with Crippen LogP contribution < -0.4 is 0 Å². The van der Waals surface area contributed by atoms with E-state index in [1.165, 1.54) is 0 Å². The van der Waals surface area contributed by atoms with Crippen molar-refractivity contribution in [1.29, 1.82) is 0 Å². The molecule has 1 saturated heterocycles. The van der Waals surface area contributed by atoms with Gasteiger partial charge in [0, 0.05) is 12.7 Å². The van der Waals surface area contributed by atoms with E-state index in [0.717, 1.165) is 18.8 Å². The summed E-state index contributed by atoms with van der Waals surface area (Å²) in [6, 6.07) is 0. The van der Waals surface area contributed by atoms with Gasteiger partial charge in [-0.25, -0.2) is 0 Å². The van der Waals surface area contributed by atoms with Gasteiger partial charge < -0.3 is 9.16 Å². The molecule has 1 atom stereocenters. The fraction of sp³-hybridized carbons (Fsp3) is 1.00. The lowest BCUT2D eigenvalue weighted by Gasteiger charge is -2.29. The van der Waals surface area contributed by atoms with Crippen LogP contribution in [-0.2, 0) is 9.16 Å². The van der Waals surface area contributed by atoms with Crippen LogP contribution in [-0.4, -0.2) is 29.4 Å². The van der Waals surface area contributed by atoms with Crippen LogP contribution in [0.1, 0.15) is 0 Å². The summed E-state index contributed by atoms with van der Waals surface area (Å²) in [5, 5.41) is 0. The Hall–Kier alpha value is 0.137. The van der Waals surface area contributed by atoms with E-state index in [1.807, 2.05) is 0 Å². The largest absolute Gasteiger partial charge is 0.423 e. The molecule has 0 spiro atoms. The summed E-state index contributed by atoms with van der Waals surface area (Å²) in [5.74, 6) is 0. The third kappa shape index (κ3) is 1.10. The molecule has 1 fully saturated rings. The number of rotatable bonds is 2. The fourth-order valence-corrected chi connectivity index (χ4v) is 1.92. The third-order valence-corrected chi connectivity index (χ3v) is 4.16. The lowest BCUT2D eigenvalue weighted by atomic mass is 10.4. The predicted octanol–water partition coefficient (Wildman–Crippen LogP) is 0.387. The molecule has 1 aliphatic rings. The van der Waals surface area contributed by atoms with Crippen LogP contribution in [0.2, 0.25) is 12.1 Å². The summed E-state index contributed by atoms with van der Waals surface area (Å²) < 4.78 is 10.2. The zero-order valence-corrected chi connectivity index (χ0v) is 6.54. The Bertz CT molecular complexity index is 70.1. The highest BCUT2D eigenvalue weighted by atomic mass is 28.3. The SMILES string of the molecule is CO[SiH](C)C1COC1. The molecule has 0 bridgehead atoms. The normalized spacial score (nSPS) is 24.8. The van der Waals surface area contributed by atoms with Crippen molar-refractivity contribution in [2.24, 2.45) is 0 Å². The topological polar surface area (TPSA) is 18.5 Å². The minimum atomic E-state index is -0.814. The highest BCUT2D eigenvalue weighted by molar-refractivity contribution is 6.52. The van der Waals surface area contributed by atoms with Crippen molar-refractivity contribution in [2.45, 2.75) is 12.1 Å². The van der Waals surface area contributed by atoms with Gasteiger partial charge in [0.25, 0.3) is 0 Å². The summed E-state index contributed by atoms with van der Waals surface area (Å²) in [6.07, 6.45) is 0. The maximum atomic E-state index is 5.21. The predicted molar refractivity (Wildman–Crippen MR) is 34.6 cm³/mol. The van der Waals surface area contributed by atoms with Crippen LogP contribution in [0.3, 0.4) is 0 Å². The van der Waals surface area contributed by atoms with E-state index in [-0.39, 0.29) is 0 Å². The van der Waals surface area contributed by atoms with Crippen molar-refractivity contribution in [1.82, 2.24) is 0 Å². The number of hydrogen-bond donors (Lipinski definition) is 0. The molecular formula is C5H12O2Si. The first-order valence-corrected chi connectivity index (χ1v) is 5.24. The first-order valence-electron chi connectivity index (χ1n) is 2.95. The van der Waals surface area contributed by atoms with Gasteiger partial charge in [0.1, 0.15) is 0 Å². The molecule has 48 valence electrons. The second-order valence-corrected chi connectivity index (χ2v) is 5.06. The maximum absolute atomic E-state index is 5.21. The summed E-state index contributed by atoms with van der Waals surface area (Å²) in [7, 11) is 0.987. The molecule has 0 aromatic carbocycles. The van der Waals surface area contributed by atoms with E-state index in [0.29, 0.717) is 0 Å². The molecule has 1 rings (SSSR count). The standard InChI is InChI=1S/C5H12O2Si/c1-6-8(2)5-3-7-4-5/h5,8H,3-4H2,1-2H3. The molecule has 8 heavy (non-hydrogen) atoms. The molecule has 0 aromatic rings. The molecule has 0 aromatic heterocycles. The van der Waals surface area contributed by atoms with E-state index >= 15 is 0 Å². The van der Waals surface area contributed by atoms with Crippen LogP contribution in [0, 0.1) is 0 Å². The molecule has 0 amide bonds. The molecule has 0 radical (unpaired) electrons. The summed E-state index contributed by atoms with van der Waals surface area (Å²) in [6.45, 7) is 4.11. The van der Waals surface area contributed by atoms with Crippen LogP contribution >= 0.6 is 0 Å². The van der Waals surface area contributed by atoms with Crippen LogP contribution in [0.5, 0.6) is 0 Å². The quantitative estimate of drug-likeness (QED) is 0.506. The van der Waals surface area contributed by atoms with Crippen molar-refractivity contribution < 1.29 is 9.16 Å². The summed E-state index contributed by atoms with van der Waals surface area (Å²) >= 11 is 0. The molecule has 0 saturated carbocycles. The molecular weight excluding hydrogens is 120 g/mol. The van der Waals surface area contributed by atoms with E-state index in [2.05, 4.69) is 6.55 Å². The van der Waals surface area contributed by atoms with Gasteiger partial charge in [-0.3, -0.25) is 0 Å². The minimum Gasteiger partial charge on any atom is -0.423 e. The van der Waals surface area contributed by atoms with Crippen LogP contribution in [0.4, 0.5) is 0 Å². The van der Waals surface area contributed by atoms with Crippen LogP contribution in [0.15, 0.2) is 0 Å². The average molecular weight is 132 g/mol. The van der Waals surface area contributed by atoms with E-state index in [9.17, 15) is 0 Å². The zero-order chi connectivity index (χ0) is 5.98. The Kier molecular flexibility index (Phi) is 2.05. The van der Waals surface area contributed by atoms with Gasteiger partial charge in [-0.05, 0) is 6.55 Å². The Balaban J connectivity index is 2.13. The Morgan fingerprint density at radius 2 is 2.25 bits per heavy atom. The molecule has 1 aliphatic heterocycles. The van der Waals surface area contributed by atoms with Gasteiger partial charge in [0.05, 0.1) is 13.2 Å². The highest BCUT2D eigenvalue weighted by Crippen LogP contribution is 2.20. The zero-order valence-electron chi connectivity index (χ0n) is 5.39. The highest BCUT2D eigenvalue weighted by Gasteiger charge is 2.26. The monoisotopic (exact) mass is 132 g/mol. The molecule has 3 heteroatoms. The van der Waals surface area contributed by atoms with Gasteiger partial charge in [-0.15, -0.1) is 0 Å². The fourth-order valence-electron chi connectivity index (χ4n) is 0.717. The van der Waals surface area contributed by atoms with Crippen molar-refractivity contribution in [3.63, 3.8) is 0 Å². The second-order valence-electron chi connectivity index (χ2n) is 2.24. The second kappa shape index (κ2) is 2.62. The van der Waals surface area contributed by atoms with E-state index < -0.39 is 9.04 Å². The van der Waals surface area contributed by atoms with Gasteiger partial charge in [0.15, 0.2) is 9.04 Å². The van der Waals surface area contributed by atoms with Gasteiger partial charge in [0.2, 0.25) is 0 Å². The smallest absolute Gasteiger partial charge is 0.180 e. The lowest BCUT2D eigenvalue weighted by Crippen LogP contribution is -2.34. The Labute approximate surface area is 51.5 Å². The van der Waals surface area contributed by atoms with Gasteiger partial charge in [-0.1, -0.05) is 0 Å². The third-order valence-electron chi connectivity index (χ3n) is 1.70. The van der Waals surface area contributed by atoms with Crippen molar-refractivity contribution in [3.8, 4) is 0 Å².